The predicted molar refractivity (Wildman–Crippen MR) is 123 cm³/mol. The standard InChI is InChI=1S/C22H27N3O6S/c1-22(2,3)31-21(27)24-18-14-16(8-11-19(18)30-4)23-20(26)15-6-9-17(10-7-15)25-12-5-13-32(25,28)29/h6-11,14H,5,12-13H2,1-4H3,(H,23,26)(H,24,27). The van der Waals surface area contributed by atoms with Crippen LogP contribution in [0.2, 0.25) is 0 Å². The van der Waals surface area contributed by atoms with Crippen molar-refractivity contribution in [3.05, 3.63) is 48.0 Å². The number of hydrogen-bond donors (Lipinski definition) is 2. The normalized spacial score (nSPS) is 15.2. The Morgan fingerprint density at radius 1 is 1.03 bits per heavy atom. The van der Waals surface area contributed by atoms with Gasteiger partial charge in [-0.1, -0.05) is 0 Å². The molecule has 0 atom stereocenters. The lowest BCUT2D eigenvalue weighted by Gasteiger charge is -2.20. The first kappa shape index (κ1) is 23.4. The highest BCUT2D eigenvalue weighted by Crippen LogP contribution is 2.29. The topological polar surface area (TPSA) is 114 Å². The Morgan fingerprint density at radius 3 is 2.28 bits per heavy atom. The van der Waals surface area contributed by atoms with E-state index in [9.17, 15) is 18.0 Å². The number of sulfonamides is 1. The van der Waals surface area contributed by atoms with Gasteiger partial charge < -0.3 is 14.8 Å². The fourth-order valence-corrected chi connectivity index (χ4v) is 4.77. The maximum absolute atomic E-state index is 12.7. The molecule has 0 radical (unpaired) electrons. The van der Waals surface area contributed by atoms with Crippen LogP contribution in [0.25, 0.3) is 0 Å². The molecule has 1 aliphatic rings. The van der Waals surface area contributed by atoms with Crippen LogP contribution in [0.15, 0.2) is 42.5 Å². The van der Waals surface area contributed by atoms with Gasteiger partial charge in [0.15, 0.2) is 0 Å². The minimum absolute atomic E-state index is 0.131. The maximum atomic E-state index is 12.7. The second-order valence-electron chi connectivity index (χ2n) is 8.28. The van der Waals surface area contributed by atoms with Crippen molar-refractivity contribution in [2.45, 2.75) is 32.8 Å². The molecule has 1 saturated heterocycles. The number of methoxy groups -OCH3 is 1. The van der Waals surface area contributed by atoms with E-state index in [4.69, 9.17) is 9.47 Å². The van der Waals surface area contributed by atoms with Crippen molar-refractivity contribution >= 4 is 39.1 Å². The Labute approximate surface area is 187 Å². The number of rotatable bonds is 5. The molecule has 0 unspecified atom stereocenters. The van der Waals surface area contributed by atoms with Crippen molar-refractivity contribution in [2.75, 3.05) is 34.3 Å². The Morgan fingerprint density at radius 2 is 1.72 bits per heavy atom. The highest BCUT2D eigenvalue weighted by molar-refractivity contribution is 7.93. The van der Waals surface area contributed by atoms with Gasteiger partial charge in [-0.2, -0.15) is 0 Å². The van der Waals surface area contributed by atoms with Gasteiger partial charge in [-0.25, -0.2) is 13.2 Å². The highest BCUT2D eigenvalue weighted by atomic mass is 32.2. The number of benzene rings is 2. The van der Waals surface area contributed by atoms with Gasteiger partial charge in [-0.15, -0.1) is 0 Å². The zero-order valence-electron chi connectivity index (χ0n) is 18.5. The van der Waals surface area contributed by atoms with Crippen molar-refractivity contribution < 1.29 is 27.5 Å². The molecule has 0 spiro atoms. The van der Waals surface area contributed by atoms with Crippen LogP contribution in [0, 0.1) is 0 Å². The van der Waals surface area contributed by atoms with Crippen molar-refractivity contribution in [1.29, 1.82) is 0 Å². The monoisotopic (exact) mass is 461 g/mol. The first-order valence-electron chi connectivity index (χ1n) is 10.1. The third-order valence-corrected chi connectivity index (χ3v) is 6.48. The third-order valence-electron chi connectivity index (χ3n) is 4.61. The van der Waals surface area contributed by atoms with Crippen molar-refractivity contribution in [1.82, 2.24) is 0 Å². The first-order valence-corrected chi connectivity index (χ1v) is 11.7. The molecule has 2 aromatic rings. The summed E-state index contributed by atoms with van der Waals surface area (Å²) in [5.41, 5.74) is 1.02. The molecule has 9 nitrogen and oxygen atoms in total. The summed E-state index contributed by atoms with van der Waals surface area (Å²) < 4.78 is 36.0. The van der Waals surface area contributed by atoms with Crippen LogP contribution in [-0.2, 0) is 14.8 Å². The van der Waals surface area contributed by atoms with Crippen molar-refractivity contribution in [2.24, 2.45) is 0 Å². The fourth-order valence-electron chi connectivity index (χ4n) is 3.21. The van der Waals surface area contributed by atoms with E-state index in [1.54, 1.807) is 63.2 Å². The van der Waals surface area contributed by atoms with Crippen LogP contribution in [0.3, 0.4) is 0 Å². The number of nitrogens with one attached hydrogen (secondary N) is 2. The minimum atomic E-state index is -3.28. The fraction of sp³-hybridized carbons (Fsp3) is 0.364. The van der Waals surface area contributed by atoms with Gasteiger partial charge in [0.2, 0.25) is 10.0 Å². The molecule has 32 heavy (non-hydrogen) atoms. The SMILES string of the molecule is COc1ccc(NC(=O)c2ccc(N3CCCS3(=O)=O)cc2)cc1NC(=O)OC(C)(C)C. The van der Waals surface area contributed by atoms with Crippen LogP contribution in [0.4, 0.5) is 21.9 Å². The second-order valence-corrected chi connectivity index (χ2v) is 10.3. The number of amides is 2. The van der Waals surface area contributed by atoms with E-state index in [0.29, 0.717) is 41.3 Å². The Kier molecular flexibility index (Phi) is 6.63. The van der Waals surface area contributed by atoms with Gasteiger partial charge in [0.1, 0.15) is 11.4 Å². The van der Waals surface area contributed by atoms with Crippen molar-refractivity contribution in [3.8, 4) is 5.75 Å². The second kappa shape index (κ2) is 9.07. The molecule has 2 amide bonds. The Bertz CT molecular complexity index is 1110. The molecule has 0 saturated carbocycles. The van der Waals surface area contributed by atoms with E-state index in [1.807, 2.05) is 0 Å². The van der Waals surface area contributed by atoms with E-state index in [0.717, 1.165) is 0 Å². The first-order chi connectivity index (χ1) is 15.0. The zero-order valence-corrected chi connectivity index (χ0v) is 19.3. The molecule has 10 heteroatoms. The molecule has 1 fully saturated rings. The average Bonchev–Trinajstić information content (AvgIpc) is 3.06. The predicted octanol–water partition coefficient (Wildman–Crippen LogP) is 3.83. The summed E-state index contributed by atoms with van der Waals surface area (Å²) in [5, 5.41) is 5.38. The van der Waals surface area contributed by atoms with E-state index < -0.39 is 21.7 Å². The minimum Gasteiger partial charge on any atom is -0.495 e. The summed E-state index contributed by atoms with van der Waals surface area (Å²) in [7, 11) is -1.81. The quantitative estimate of drug-likeness (QED) is 0.699. The van der Waals surface area contributed by atoms with Crippen LogP contribution < -0.4 is 19.7 Å². The molecule has 3 rings (SSSR count). The number of carbonyl (C=O) groups excluding carboxylic acids is 2. The number of nitrogens with zero attached hydrogens (tertiary/aromatic N) is 1. The largest absolute Gasteiger partial charge is 0.495 e. The molecule has 1 heterocycles. The molecular weight excluding hydrogens is 434 g/mol. The van der Waals surface area contributed by atoms with E-state index in [2.05, 4.69) is 10.6 Å². The summed E-state index contributed by atoms with van der Waals surface area (Å²) in [6.07, 6.45) is -0.0615. The van der Waals surface area contributed by atoms with Gasteiger partial charge >= 0.3 is 6.09 Å². The summed E-state index contributed by atoms with van der Waals surface area (Å²) in [6, 6.07) is 11.2. The Hall–Kier alpha value is -3.27. The van der Waals surface area contributed by atoms with Gasteiger partial charge in [-0.3, -0.25) is 14.4 Å². The number of anilines is 3. The van der Waals surface area contributed by atoms with Gasteiger partial charge in [-0.05, 0) is 69.7 Å². The smallest absolute Gasteiger partial charge is 0.412 e. The number of hydrogen-bond acceptors (Lipinski definition) is 6. The summed E-state index contributed by atoms with van der Waals surface area (Å²) in [5.74, 6) is 0.158. The van der Waals surface area contributed by atoms with E-state index >= 15 is 0 Å². The highest BCUT2D eigenvalue weighted by Gasteiger charge is 2.28. The third kappa shape index (κ3) is 5.70. The van der Waals surface area contributed by atoms with Crippen molar-refractivity contribution in [3.63, 3.8) is 0 Å². The van der Waals surface area contributed by atoms with E-state index in [-0.39, 0.29) is 11.7 Å². The molecule has 0 aromatic heterocycles. The lowest BCUT2D eigenvalue weighted by Crippen LogP contribution is -2.27. The number of ether oxygens (including phenoxy) is 2. The maximum Gasteiger partial charge on any atom is 0.412 e. The molecule has 2 aromatic carbocycles. The van der Waals surface area contributed by atoms with Crippen LogP contribution >= 0.6 is 0 Å². The summed E-state index contributed by atoms with van der Waals surface area (Å²) in [4.78, 5) is 24.8. The average molecular weight is 462 g/mol. The van der Waals surface area contributed by atoms with Gasteiger partial charge in [0.05, 0.1) is 24.2 Å². The Balaban J connectivity index is 1.72. The lowest BCUT2D eigenvalue weighted by molar-refractivity contribution is 0.0635. The molecule has 2 N–H and O–H groups in total. The van der Waals surface area contributed by atoms with Gasteiger partial charge in [0, 0.05) is 17.8 Å². The van der Waals surface area contributed by atoms with Crippen LogP contribution in [0.5, 0.6) is 5.75 Å². The molecule has 172 valence electrons. The van der Waals surface area contributed by atoms with E-state index in [1.165, 1.54) is 11.4 Å². The molecule has 0 bridgehead atoms. The van der Waals surface area contributed by atoms with Crippen LogP contribution in [0.1, 0.15) is 37.6 Å². The zero-order chi connectivity index (χ0) is 23.5. The lowest BCUT2D eigenvalue weighted by atomic mass is 10.1. The number of carbonyl (C=O) groups is 2. The molecule has 1 aliphatic heterocycles. The van der Waals surface area contributed by atoms with Crippen LogP contribution in [-0.4, -0.2) is 45.4 Å². The summed E-state index contributed by atoms with van der Waals surface area (Å²) in [6.45, 7) is 5.70. The molecular formula is C22H27N3O6S. The molecule has 0 aliphatic carbocycles. The summed E-state index contributed by atoms with van der Waals surface area (Å²) >= 11 is 0. The van der Waals surface area contributed by atoms with Gasteiger partial charge in [0.25, 0.3) is 5.91 Å².